The van der Waals surface area contributed by atoms with Crippen molar-refractivity contribution in [2.24, 2.45) is 11.7 Å². The molecule has 0 radical (unpaired) electrons. The zero-order valence-electron chi connectivity index (χ0n) is 10.5. The summed E-state index contributed by atoms with van der Waals surface area (Å²) >= 11 is 3.64. The van der Waals surface area contributed by atoms with E-state index in [4.69, 9.17) is 5.73 Å². The first-order valence-electron chi connectivity index (χ1n) is 6.44. The zero-order valence-corrected chi connectivity index (χ0v) is 12.0. The van der Waals surface area contributed by atoms with Crippen molar-refractivity contribution in [2.45, 2.75) is 26.2 Å². The minimum Gasteiger partial charge on any atom is -0.371 e. The van der Waals surface area contributed by atoms with Gasteiger partial charge in [0.05, 0.1) is 0 Å². The number of halogens is 1. The number of hydrogen-bond acceptors (Lipinski definition) is 2. The van der Waals surface area contributed by atoms with Crippen LogP contribution in [0.25, 0.3) is 0 Å². The van der Waals surface area contributed by atoms with Crippen LogP contribution in [-0.2, 0) is 6.42 Å². The van der Waals surface area contributed by atoms with Crippen LogP contribution >= 0.6 is 15.9 Å². The van der Waals surface area contributed by atoms with E-state index in [2.05, 4.69) is 46.0 Å². The van der Waals surface area contributed by atoms with E-state index in [0.717, 1.165) is 12.3 Å². The van der Waals surface area contributed by atoms with Gasteiger partial charge in [0.1, 0.15) is 0 Å². The number of nitrogens with two attached hydrogens (primary N) is 1. The van der Waals surface area contributed by atoms with Crippen LogP contribution in [0.3, 0.4) is 0 Å². The Labute approximate surface area is 112 Å². The van der Waals surface area contributed by atoms with Crippen molar-refractivity contribution in [2.75, 3.05) is 24.5 Å². The molecule has 1 aromatic carbocycles. The molecule has 0 saturated carbocycles. The molecule has 0 unspecified atom stereocenters. The monoisotopic (exact) mass is 296 g/mol. The first kappa shape index (κ1) is 12.9. The summed E-state index contributed by atoms with van der Waals surface area (Å²) in [5.74, 6) is 0.881. The number of hydrogen-bond donors (Lipinski definition) is 1. The Morgan fingerprint density at radius 3 is 2.65 bits per heavy atom. The van der Waals surface area contributed by atoms with Gasteiger partial charge in [-0.3, -0.25) is 0 Å². The lowest BCUT2D eigenvalue weighted by Crippen LogP contribution is -2.32. The van der Waals surface area contributed by atoms with Crippen molar-refractivity contribution in [1.82, 2.24) is 0 Å². The van der Waals surface area contributed by atoms with Gasteiger partial charge in [0.2, 0.25) is 0 Å². The Bertz CT molecular complexity index is 370. The summed E-state index contributed by atoms with van der Waals surface area (Å²) in [5.41, 5.74) is 8.24. The predicted octanol–water partition coefficient (Wildman–Crippen LogP) is 3.19. The normalized spacial score (nSPS) is 17.5. The molecule has 94 valence electrons. The third kappa shape index (κ3) is 3.23. The van der Waals surface area contributed by atoms with Crippen LogP contribution in [0.2, 0.25) is 0 Å². The summed E-state index contributed by atoms with van der Waals surface area (Å²) in [6.45, 7) is 5.42. The van der Waals surface area contributed by atoms with Gasteiger partial charge >= 0.3 is 0 Å². The Balaban J connectivity index is 2.09. The highest BCUT2D eigenvalue weighted by Gasteiger charge is 2.16. The number of benzene rings is 1. The molecule has 1 saturated heterocycles. The molecule has 1 aliphatic heterocycles. The maximum atomic E-state index is 5.59. The van der Waals surface area contributed by atoms with Crippen molar-refractivity contribution in [3.8, 4) is 0 Å². The highest BCUT2D eigenvalue weighted by Crippen LogP contribution is 2.27. The van der Waals surface area contributed by atoms with Crippen molar-refractivity contribution in [1.29, 1.82) is 0 Å². The molecule has 0 spiro atoms. The maximum Gasteiger partial charge on any atom is 0.0377 e. The molecule has 1 heterocycles. The van der Waals surface area contributed by atoms with E-state index in [1.54, 1.807) is 0 Å². The summed E-state index contributed by atoms with van der Waals surface area (Å²) in [6, 6.07) is 6.66. The lowest BCUT2D eigenvalue weighted by Gasteiger charge is -2.32. The van der Waals surface area contributed by atoms with E-state index < -0.39 is 0 Å². The fraction of sp³-hybridized carbons (Fsp3) is 0.571. The van der Waals surface area contributed by atoms with Crippen LogP contribution < -0.4 is 10.6 Å². The molecule has 1 aliphatic rings. The van der Waals surface area contributed by atoms with Gasteiger partial charge in [0, 0.05) is 23.2 Å². The van der Waals surface area contributed by atoms with Crippen molar-refractivity contribution < 1.29 is 0 Å². The molecule has 1 aromatic rings. The first-order valence-corrected chi connectivity index (χ1v) is 7.23. The van der Waals surface area contributed by atoms with Crippen LogP contribution in [0.1, 0.15) is 25.3 Å². The molecule has 0 bridgehead atoms. The van der Waals surface area contributed by atoms with E-state index in [1.807, 2.05) is 0 Å². The highest BCUT2D eigenvalue weighted by molar-refractivity contribution is 9.10. The topological polar surface area (TPSA) is 29.3 Å². The lowest BCUT2D eigenvalue weighted by atomic mass is 9.98. The average molecular weight is 297 g/mol. The molecular formula is C14H21BrN2. The summed E-state index contributed by atoms with van der Waals surface area (Å²) in [4.78, 5) is 2.48. The Morgan fingerprint density at radius 1 is 1.35 bits per heavy atom. The second-order valence-electron chi connectivity index (χ2n) is 4.98. The molecule has 0 atom stereocenters. The average Bonchev–Trinajstić information content (AvgIpc) is 2.33. The number of nitrogens with zero attached hydrogens (tertiary/aromatic N) is 1. The van der Waals surface area contributed by atoms with E-state index >= 15 is 0 Å². The van der Waals surface area contributed by atoms with Gasteiger partial charge in [-0.15, -0.1) is 0 Å². The number of anilines is 1. The minimum absolute atomic E-state index is 0.708. The largest absolute Gasteiger partial charge is 0.371 e. The van der Waals surface area contributed by atoms with Crippen molar-refractivity contribution in [3.05, 3.63) is 28.2 Å². The van der Waals surface area contributed by atoms with Gasteiger partial charge in [-0.1, -0.05) is 28.9 Å². The molecular weight excluding hydrogens is 276 g/mol. The third-order valence-corrected chi connectivity index (χ3v) is 4.34. The van der Waals surface area contributed by atoms with Crippen LogP contribution in [0.15, 0.2) is 22.7 Å². The van der Waals surface area contributed by atoms with Crippen LogP contribution in [0.5, 0.6) is 0 Å². The SMILES string of the molecule is CC1CCN(c2ccc(CCN)c(Br)c2)CC1. The van der Waals surface area contributed by atoms with E-state index in [1.165, 1.54) is 41.7 Å². The summed E-state index contributed by atoms with van der Waals surface area (Å²) in [5, 5.41) is 0. The predicted molar refractivity (Wildman–Crippen MR) is 77.5 cm³/mol. The van der Waals surface area contributed by atoms with Crippen molar-refractivity contribution in [3.63, 3.8) is 0 Å². The van der Waals surface area contributed by atoms with Gasteiger partial charge in [0.15, 0.2) is 0 Å². The summed E-state index contributed by atoms with van der Waals surface area (Å²) < 4.78 is 1.19. The van der Waals surface area contributed by atoms with Gasteiger partial charge < -0.3 is 10.6 Å². The Morgan fingerprint density at radius 2 is 2.06 bits per heavy atom. The smallest absolute Gasteiger partial charge is 0.0377 e. The second-order valence-corrected chi connectivity index (χ2v) is 5.84. The van der Waals surface area contributed by atoms with Gasteiger partial charge in [-0.2, -0.15) is 0 Å². The zero-order chi connectivity index (χ0) is 12.3. The first-order chi connectivity index (χ1) is 8.20. The van der Waals surface area contributed by atoms with Crippen LogP contribution in [-0.4, -0.2) is 19.6 Å². The molecule has 0 aliphatic carbocycles. The van der Waals surface area contributed by atoms with Gasteiger partial charge in [-0.05, 0) is 49.4 Å². The molecule has 17 heavy (non-hydrogen) atoms. The number of piperidine rings is 1. The van der Waals surface area contributed by atoms with Crippen molar-refractivity contribution >= 4 is 21.6 Å². The lowest BCUT2D eigenvalue weighted by molar-refractivity contribution is 0.438. The molecule has 2 nitrogen and oxygen atoms in total. The van der Waals surface area contributed by atoms with Gasteiger partial charge in [0.25, 0.3) is 0 Å². The fourth-order valence-electron chi connectivity index (χ4n) is 2.36. The highest BCUT2D eigenvalue weighted by atomic mass is 79.9. The number of rotatable bonds is 3. The van der Waals surface area contributed by atoms with E-state index in [-0.39, 0.29) is 0 Å². The second kappa shape index (κ2) is 5.87. The quantitative estimate of drug-likeness (QED) is 0.928. The molecule has 2 rings (SSSR count). The van der Waals surface area contributed by atoms with E-state index in [9.17, 15) is 0 Å². The molecule has 0 amide bonds. The van der Waals surface area contributed by atoms with Crippen LogP contribution in [0.4, 0.5) is 5.69 Å². The summed E-state index contributed by atoms with van der Waals surface area (Å²) in [6.07, 6.45) is 3.56. The Hall–Kier alpha value is -0.540. The fourth-order valence-corrected chi connectivity index (χ4v) is 2.92. The van der Waals surface area contributed by atoms with E-state index in [0.29, 0.717) is 6.54 Å². The maximum absolute atomic E-state index is 5.59. The third-order valence-electron chi connectivity index (χ3n) is 3.60. The molecule has 3 heteroatoms. The van der Waals surface area contributed by atoms with Crippen LogP contribution in [0, 0.1) is 5.92 Å². The standard InChI is InChI=1S/C14H21BrN2/c1-11-5-8-17(9-6-11)13-3-2-12(4-7-16)14(15)10-13/h2-3,10-11H,4-9,16H2,1H3. The molecule has 0 aromatic heterocycles. The minimum atomic E-state index is 0.708. The molecule has 1 fully saturated rings. The summed E-state index contributed by atoms with van der Waals surface area (Å²) in [7, 11) is 0. The van der Waals surface area contributed by atoms with Gasteiger partial charge in [-0.25, -0.2) is 0 Å². The molecule has 2 N–H and O–H groups in total. The Kier molecular flexibility index (Phi) is 4.46.